The lowest BCUT2D eigenvalue weighted by Crippen LogP contribution is -3.15. The predicted octanol–water partition coefficient (Wildman–Crippen LogP) is 1.96. The fraction of sp³-hybridized carbons (Fsp3) is 0.333. The molecule has 0 radical (unpaired) electrons. The number of nitrogens with zero attached hydrogens (tertiary/aromatic N) is 1. The first-order valence-corrected chi connectivity index (χ1v) is 10.6. The summed E-state index contributed by atoms with van der Waals surface area (Å²) >= 11 is 12.2. The molecule has 0 unspecified atom stereocenters. The zero-order chi connectivity index (χ0) is 18.6. The number of sulfonamides is 1. The average molecular weight is 416 g/mol. The van der Waals surface area contributed by atoms with Crippen LogP contribution in [0.15, 0.2) is 53.4 Å². The summed E-state index contributed by atoms with van der Waals surface area (Å²) in [4.78, 5) is 1.32. The first-order valence-electron chi connectivity index (χ1n) is 8.44. The molecular formula is C18H21Cl2N2O3S+. The number of quaternary nitrogens is 1. The Morgan fingerprint density at radius 2 is 1.58 bits per heavy atom. The summed E-state index contributed by atoms with van der Waals surface area (Å²) in [5.41, 5.74) is 0. The predicted molar refractivity (Wildman–Crippen MR) is 103 cm³/mol. The number of benzene rings is 2. The van der Waals surface area contributed by atoms with Gasteiger partial charge in [0.25, 0.3) is 0 Å². The summed E-state index contributed by atoms with van der Waals surface area (Å²) in [5.74, 6) is 0.849. The van der Waals surface area contributed by atoms with Crippen LogP contribution >= 0.6 is 23.2 Å². The van der Waals surface area contributed by atoms with Crippen LogP contribution in [0.4, 0.5) is 0 Å². The van der Waals surface area contributed by atoms with E-state index in [1.807, 2.05) is 30.3 Å². The van der Waals surface area contributed by atoms with Crippen molar-refractivity contribution in [2.24, 2.45) is 0 Å². The van der Waals surface area contributed by atoms with E-state index >= 15 is 0 Å². The van der Waals surface area contributed by atoms with Crippen molar-refractivity contribution in [2.45, 2.75) is 4.90 Å². The Labute approximate surface area is 164 Å². The quantitative estimate of drug-likeness (QED) is 0.784. The van der Waals surface area contributed by atoms with Crippen molar-refractivity contribution in [3.05, 3.63) is 58.6 Å². The smallest absolute Gasteiger partial charge is 0.246 e. The topological polar surface area (TPSA) is 51.0 Å². The third kappa shape index (κ3) is 4.50. The summed E-state index contributed by atoms with van der Waals surface area (Å²) < 4.78 is 32.9. The summed E-state index contributed by atoms with van der Waals surface area (Å²) in [7, 11) is -3.69. The van der Waals surface area contributed by atoms with Gasteiger partial charge >= 0.3 is 0 Å². The number of para-hydroxylation sites is 1. The minimum absolute atomic E-state index is 0.000746. The fourth-order valence-corrected chi connectivity index (χ4v) is 5.51. The van der Waals surface area contributed by atoms with Crippen molar-refractivity contribution in [1.82, 2.24) is 4.31 Å². The van der Waals surface area contributed by atoms with Crippen molar-refractivity contribution in [3.63, 3.8) is 0 Å². The van der Waals surface area contributed by atoms with Crippen LogP contribution in [0, 0.1) is 0 Å². The molecule has 3 rings (SSSR count). The van der Waals surface area contributed by atoms with E-state index < -0.39 is 10.0 Å². The molecule has 140 valence electrons. The number of hydrogen-bond donors (Lipinski definition) is 1. The summed E-state index contributed by atoms with van der Waals surface area (Å²) in [6, 6.07) is 14.4. The van der Waals surface area contributed by atoms with E-state index in [0.29, 0.717) is 19.7 Å². The van der Waals surface area contributed by atoms with E-state index in [9.17, 15) is 8.42 Å². The maximum atomic E-state index is 12.9. The maximum absolute atomic E-state index is 12.9. The summed E-state index contributed by atoms with van der Waals surface area (Å²) in [6.45, 7) is 3.74. The molecule has 2 aromatic carbocycles. The SMILES string of the molecule is O=S(=O)(c1c(Cl)cccc1Cl)N1CC[NH+](CCOc2ccccc2)CC1. The molecule has 0 bridgehead atoms. The molecule has 1 heterocycles. The van der Waals surface area contributed by atoms with E-state index in [4.69, 9.17) is 27.9 Å². The number of piperazine rings is 1. The van der Waals surface area contributed by atoms with E-state index in [1.165, 1.54) is 9.21 Å². The van der Waals surface area contributed by atoms with Gasteiger partial charge in [0.15, 0.2) is 0 Å². The highest BCUT2D eigenvalue weighted by Gasteiger charge is 2.33. The molecule has 26 heavy (non-hydrogen) atoms. The number of nitrogens with one attached hydrogen (secondary N) is 1. The van der Waals surface area contributed by atoms with Gasteiger partial charge in [0.05, 0.1) is 36.2 Å². The molecule has 0 aromatic heterocycles. The Morgan fingerprint density at radius 1 is 0.962 bits per heavy atom. The number of ether oxygens (including phenoxy) is 1. The summed E-state index contributed by atoms with van der Waals surface area (Å²) in [5, 5.41) is 0.312. The first kappa shape index (κ1) is 19.5. The van der Waals surface area contributed by atoms with Crippen molar-refractivity contribution in [1.29, 1.82) is 0 Å². The van der Waals surface area contributed by atoms with Crippen LogP contribution in [-0.2, 0) is 10.0 Å². The molecule has 1 fully saturated rings. The third-order valence-corrected chi connectivity index (χ3v) is 7.27. The van der Waals surface area contributed by atoms with Gasteiger partial charge in [-0.05, 0) is 24.3 Å². The van der Waals surface area contributed by atoms with Crippen molar-refractivity contribution >= 4 is 33.2 Å². The van der Waals surface area contributed by atoms with Crippen molar-refractivity contribution in [3.8, 4) is 5.75 Å². The first-order chi connectivity index (χ1) is 12.5. The number of hydrogen-bond acceptors (Lipinski definition) is 3. The molecule has 0 amide bonds. The molecule has 0 atom stereocenters. The van der Waals surface area contributed by atoms with Gasteiger partial charge in [-0.3, -0.25) is 0 Å². The van der Waals surface area contributed by atoms with Gasteiger partial charge in [-0.15, -0.1) is 0 Å². The van der Waals surface area contributed by atoms with E-state index in [0.717, 1.165) is 25.4 Å². The lowest BCUT2D eigenvalue weighted by Gasteiger charge is -2.31. The van der Waals surface area contributed by atoms with Crippen LogP contribution in [0.1, 0.15) is 0 Å². The average Bonchev–Trinajstić information content (AvgIpc) is 2.63. The van der Waals surface area contributed by atoms with E-state index in [-0.39, 0.29) is 14.9 Å². The second-order valence-electron chi connectivity index (χ2n) is 6.12. The number of halogens is 2. The molecule has 5 nitrogen and oxygen atoms in total. The van der Waals surface area contributed by atoms with Gasteiger partial charge in [-0.1, -0.05) is 47.5 Å². The molecule has 1 aliphatic heterocycles. The van der Waals surface area contributed by atoms with Crippen LogP contribution in [-0.4, -0.2) is 52.1 Å². The second-order valence-corrected chi connectivity index (χ2v) is 8.81. The van der Waals surface area contributed by atoms with E-state index in [1.54, 1.807) is 18.2 Å². The molecular weight excluding hydrogens is 395 g/mol. The minimum Gasteiger partial charge on any atom is -0.488 e. The Morgan fingerprint density at radius 3 is 2.19 bits per heavy atom. The molecule has 0 aliphatic carbocycles. The summed E-state index contributed by atoms with van der Waals surface area (Å²) in [6.07, 6.45) is 0. The Hall–Kier alpha value is -1.31. The molecule has 1 saturated heterocycles. The lowest BCUT2D eigenvalue weighted by molar-refractivity contribution is -0.903. The zero-order valence-corrected chi connectivity index (χ0v) is 16.5. The van der Waals surface area contributed by atoms with Gasteiger partial charge in [0.2, 0.25) is 10.0 Å². The molecule has 1 aliphatic rings. The van der Waals surface area contributed by atoms with Crippen LogP contribution in [0.5, 0.6) is 5.75 Å². The Bertz CT molecular complexity index is 819. The third-order valence-electron chi connectivity index (χ3n) is 4.41. The maximum Gasteiger partial charge on any atom is 0.246 e. The number of rotatable bonds is 6. The highest BCUT2D eigenvalue weighted by atomic mass is 35.5. The Kier molecular flexibility index (Phi) is 6.42. The Balaban J connectivity index is 1.55. The normalized spacial score (nSPS) is 16.5. The minimum atomic E-state index is -3.69. The highest BCUT2D eigenvalue weighted by Crippen LogP contribution is 2.31. The monoisotopic (exact) mass is 415 g/mol. The fourth-order valence-electron chi connectivity index (χ4n) is 2.98. The van der Waals surface area contributed by atoms with Crippen LogP contribution in [0.25, 0.3) is 0 Å². The van der Waals surface area contributed by atoms with Crippen LogP contribution in [0.3, 0.4) is 0 Å². The molecule has 1 N–H and O–H groups in total. The molecule has 0 saturated carbocycles. The van der Waals surface area contributed by atoms with Crippen molar-refractivity contribution in [2.75, 3.05) is 39.3 Å². The standard InChI is InChI=1S/C18H20Cl2N2O3S/c19-16-7-4-8-17(20)18(16)26(23,24)22-11-9-21(10-12-22)13-14-25-15-5-2-1-3-6-15/h1-8H,9-14H2/p+1. The van der Waals surface area contributed by atoms with Gasteiger partial charge in [0.1, 0.15) is 23.8 Å². The largest absolute Gasteiger partial charge is 0.488 e. The van der Waals surface area contributed by atoms with Gasteiger partial charge in [-0.2, -0.15) is 4.31 Å². The van der Waals surface area contributed by atoms with Gasteiger partial charge in [0, 0.05) is 0 Å². The lowest BCUT2D eigenvalue weighted by atomic mass is 10.3. The van der Waals surface area contributed by atoms with E-state index in [2.05, 4.69) is 0 Å². The van der Waals surface area contributed by atoms with Gasteiger partial charge < -0.3 is 9.64 Å². The van der Waals surface area contributed by atoms with Gasteiger partial charge in [-0.25, -0.2) is 8.42 Å². The van der Waals surface area contributed by atoms with Crippen LogP contribution in [0.2, 0.25) is 10.0 Å². The second kappa shape index (κ2) is 8.59. The molecule has 8 heteroatoms. The van der Waals surface area contributed by atoms with Crippen LogP contribution < -0.4 is 9.64 Å². The molecule has 0 spiro atoms. The molecule has 2 aromatic rings. The van der Waals surface area contributed by atoms with Crippen molar-refractivity contribution < 1.29 is 18.1 Å². The zero-order valence-electron chi connectivity index (χ0n) is 14.2. The highest BCUT2D eigenvalue weighted by molar-refractivity contribution is 7.89.